The zero-order valence-electron chi connectivity index (χ0n) is 12.6. The number of fused-ring (bicyclic) bond motifs is 1. The van der Waals surface area contributed by atoms with Gasteiger partial charge in [0, 0.05) is 16.6 Å². The molecule has 25 heavy (non-hydrogen) atoms. The highest BCUT2D eigenvalue weighted by Gasteiger charge is 2.25. The molecule has 0 saturated heterocycles. The highest BCUT2D eigenvalue weighted by atomic mass is 35.5. The van der Waals surface area contributed by atoms with E-state index in [0.717, 1.165) is 0 Å². The fraction of sp³-hybridized carbons (Fsp3) is 0.0625. The van der Waals surface area contributed by atoms with Crippen LogP contribution in [0.1, 0.15) is 5.56 Å². The molecule has 1 heterocycles. The Balaban J connectivity index is 2.17. The fourth-order valence-electron chi connectivity index (χ4n) is 2.20. The Morgan fingerprint density at radius 2 is 1.64 bits per heavy atom. The van der Waals surface area contributed by atoms with Crippen LogP contribution in [0, 0.1) is 6.92 Å². The van der Waals surface area contributed by atoms with Crippen molar-refractivity contribution in [2.75, 3.05) is 0 Å². The first kappa shape index (κ1) is 18.5. The summed E-state index contributed by atoms with van der Waals surface area (Å²) in [6.07, 6.45) is 1.48. The quantitative estimate of drug-likeness (QED) is 0.477. The van der Waals surface area contributed by atoms with Crippen molar-refractivity contribution in [1.82, 2.24) is 4.98 Å². The minimum Gasteiger partial charge on any atom is -0.375 e. The van der Waals surface area contributed by atoms with E-state index in [-0.39, 0.29) is 26.2 Å². The van der Waals surface area contributed by atoms with Crippen LogP contribution in [0.15, 0.2) is 41.4 Å². The molecule has 0 aliphatic carbocycles. The smallest absolute Gasteiger partial charge is 0.340 e. The number of hydrogen-bond acceptors (Lipinski definition) is 4. The molecule has 0 N–H and O–H groups in total. The number of aryl methyl sites for hydroxylation is 1. The lowest BCUT2D eigenvalue weighted by atomic mass is 10.2. The lowest BCUT2D eigenvalue weighted by Crippen LogP contribution is -2.11. The summed E-state index contributed by atoms with van der Waals surface area (Å²) in [5, 5.41) is 1.15. The van der Waals surface area contributed by atoms with E-state index in [2.05, 4.69) is 4.98 Å². The van der Waals surface area contributed by atoms with Gasteiger partial charge < -0.3 is 4.18 Å². The minimum absolute atomic E-state index is 0.0154. The summed E-state index contributed by atoms with van der Waals surface area (Å²) in [5.74, 6) is -0.120. The molecule has 0 unspecified atom stereocenters. The minimum atomic E-state index is -4.27. The van der Waals surface area contributed by atoms with Crippen molar-refractivity contribution in [3.05, 3.63) is 62.2 Å². The summed E-state index contributed by atoms with van der Waals surface area (Å²) in [4.78, 5) is 3.91. The van der Waals surface area contributed by atoms with Crippen LogP contribution in [0.25, 0.3) is 10.9 Å². The van der Waals surface area contributed by atoms with Crippen LogP contribution >= 0.6 is 46.4 Å². The molecule has 2 aromatic carbocycles. The molecule has 1 aromatic heterocycles. The molecule has 0 fully saturated rings. The Hall–Kier alpha value is -1.24. The third-order valence-electron chi connectivity index (χ3n) is 3.43. The van der Waals surface area contributed by atoms with E-state index in [1.165, 1.54) is 24.4 Å². The SMILES string of the molecule is Cc1cc(S(=O)(=O)Oc2c(Cl)cc(Cl)c3cccnc23)c(Cl)cc1Cl. The van der Waals surface area contributed by atoms with Crippen molar-refractivity contribution in [2.24, 2.45) is 0 Å². The Kier molecular flexibility index (Phi) is 5.06. The standard InChI is InChI=1S/C16H9Cl4NO3S/c1-8-5-14(12(19)6-10(8)17)25(22,23)24-16-13(20)7-11(18)9-3-2-4-21-15(9)16/h2-7H,1H3. The zero-order chi connectivity index (χ0) is 18.4. The van der Waals surface area contributed by atoms with Crippen molar-refractivity contribution in [1.29, 1.82) is 0 Å². The Labute approximate surface area is 164 Å². The van der Waals surface area contributed by atoms with Crippen molar-refractivity contribution in [3.63, 3.8) is 0 Å². The van der Waals surface area contributed by atoms with Crippen LogP contribution in [-0.2, 0) is 10.1 Å². The Morgan fingerprint density at radius 3 is 2.36 bits per heavy atom. The van der Waals surface area contributed by atoms with Gasteiger partial charge in [-0.2, -0.15) is 8.42 Å². The summed E-state index contributed by atoms with van der Waals surface area (Å²) in [6, 6.07) is 7.42. The second kappa shape index (κ2) is 6.82. The summed E-state index contributed by atoms with van der Waals surface area (Å²) in [7, 11) is -4.27. The van der Waals surface area contributed by atoms with Crippen molar-refractivity contribution >= 4 is 67.4 Å². The summed E-state index contributed by atoms with van der Waals surface area (Å²) < 4.78 is 30.6. The maximum Gasteiger partial charge on any atom is 0.340 e. The Bertz CT molecular complexity index is 1100. The third-order valence-corrected chi connectivity index (χ3v) is 6.11. The van der Waals surface area contributed by atoms with Gasteiger partial charge in [0.2, 0.25) is 0 Å². The van der Waals surface area contributed by atoms with Gasteiger partial charge in [-0.25, -0.2) is 0 Å². The van der Waals surface area contributed by atoms with Crippen LogP contribution in [0.5, 0.6) is 5.75 Å². The van der Waals surface area contributed by atoms with Gasteiger partial charge >= 0.3 is 10.1 Å². The topological polar surface area (TPSA) is 56.3 Å². The van der Waals surface area contributed by atoms with Gasteiger partial charge in [-0.05, 0) is 42.8 Å². The van der Waals surface area contributed by atoms with Gasteiger partial charge in [-0.3, -0.25) is 4.98 Å². The van der Waals surface area contributed by atoms with E-state index in [0.29, 0.717) is 21.0 Å². The molecule has 0 aliphatic rings. The number of aromatic nitrogens is 1. The van der Waals surface area contributed by atoms with Gasteiger partial charge in [0.25, 0.3) is 0 Å². The molecule has 3 aromatic rings. The van der Waals surface area contributed by atoms with Crippen LogP contribution < -0.4 is 4.18 Å². The van der Waals surface area contributed by atoms with Gasteiger partial charge in [-0.15, -0.1) is 0 Å². The van der Waals surface area contributed by atoms with E-state index in [4.69, 9.17) is 50.6 Å². The average Bonchev–Trinajstić information content (AvgIpc) is 2.54. The molecule has 0 bridgehead atoms. The molecule has 0 aliphatic heterocycles. The molecule has 4 nitrogen and oxygen atoms in total. The molecular formula is C16H9Cl4NO3S. The van der Waals surface area contributed by atoms with E-state index in [9.17, 15) is 8.42 Å². The average molecular weight is 437 g/mol. The largest absolute Gasteiger partial charge is 0.375 e. The number of benzene rings is 2. The zero-order valence-corrected chi connectivity index (χ0v) is 16.4. The highest BCUT2D eigenvalue weighted by Crippen LogP contribution is 2.39. The lowest BCUT2D eigenvalue weighted by Gasteiger charge is -2.13. The maximum atomic E-state index is 12.7. The van der Waals surface area contributed by atoms with Crippen LogP contribution in [-0.4, -0.2) is 13.4 Å². The first-order chi connectivity index (χ1) is 11.7. The molecule has 0 radical (unpaired) electrons. The highest BCUT2D eigenvalue weighted by molar-refractivity contribution is 7.87. The number of rotatable bonds is 3. The summed E-state index contributed by atoms with van der Waals surface area (Å²) >= 11 is 24.2. The Morgan fingerprint density at radius 1 is 0.960 bits per heavy atom. The van der Waals surface area contributed by atoms with E-state index in [1.807, 2.05) is 0 Å². The van der Waals surface area contributed by atoms with Crippen molar-refractivity contribution in [3.8, 4) is 5.75 Å². The molecular weight excluding hydrogens is 428 g/mol. The molecule has 0 atom stereocenters. The lowest BCUT2D eigenvalue weighted by molar-refractivity contribution is 0.488. The molecule has 0 amide bonds. The van der Waals surface area contributed by atoms with Gasteiger partial charge in [0.15, 0.2) is 5.75 Å². The first-order valence-corrected chi connectivity index (χ1v) is 9.75. The number of nitrogens with zero attached hydrogens (tertiary/aromatic N) is 1. The summed E-state index contributed by atoms with van der Waals surface area (Å²) in [5.41, 5.74) is 0.767. The predicted octanol–water partition coefficient (Wildman–Crippen LogP) is 5.92. The number of halogens is 4. The third kappa shape index (κ3) is 3.52. The van der Waals surface area contributed by atoms with Crippen LogP contribution in [0.3, 0.4) is 0 Å². The monoisotopic (exact) mass is 435 g/mol. The van der Waals surface area contributed by atoms with E-state index in [1.54, 1.807) is 19.1 Å². The second-order valence-electron chi connectivity index (χ2n) is 5.14. The van der Waals surface area contributed by atoms with Crippen molar-refractivity contribution in [2.45, 2.75) is 11.8 Å². The van der Waals surface area contributed by atoms with E-state index >= 15 is 0 Å². The molecule has 0 saturated carbocycles. The number of hydrogen-bond donors (Lipinski definition) is 0. The van der Waals surface area contributed by atoms with E-state index < -0.39 is 10.1 Å². The van der Waals surface area contributed by atoms with Crippen LogP contribution in [0.2, 0.25) is 20.1 Å². The predicted molar refractivity (Wildman–Crippen MR) is 101 cm³/mol. The molecule has 0 spiro atoms. The van der Waals surface area contributed by atoms with Crippen molar-refractivity contribution < 1.29 is 12.6 Å². The maximum absolute atomic E-state index is 12.7. The first-order valence-electron chi connectivity index (χ1n) is 6.83. The van der Waals surface area contributed by atoms with Gasteiger partial charge in [0.1, 0.15) is 10.4 Å². The van der Waals surface area contributed by atoms with Gasteiger partial charge in [0.05, 0.1) is 15.1 Å². The second-order valence-corrected chi connectivity index (χ2v) is 8.28. The molecule has 9 heteroatoms. The molecule has 3 rings (SSSR count). The van der Waals surface area contributed by atoms with Crippen LogP contribution in [0.4, 0.5) is 0 Å². The summed E-state index contributed by atoms with van der Waals surface area (Å²) in [6.45, 7) is 1.66. The normalized spacial score (nSPS) is 11.7. The fourth-order valence-corrected chi connectivity index (χ4v) is 4.57. The van der Waals surface area contributed by atoms with Gasteiger partial charge in [-0.1, -0.05) is 46.4 Å². The molecule has 130 valence electrons. The number of pyridine rings is 1.